The Kier molecular flexibility index (Phi) is 5.88. The summed E-state index contributed by atoms with van der Waals surface area (Å²) in [5.41, 5.74) is 15.4. The van der Waals surface area contributed by atoms with Crippen LogP contribution in [0.2, 0.25) is 0 Å². The summed E-state index contributed by atoms with van der Waals surface area (Å²) in [5, 5.41) is 16.3. The molecule has 2 rings (SSSR count). The molecule has 0 radical (unpaired) electrons. The van der Waals surface area contributed by atoms with Gasteiger partial charge in [-0.2, -0.15) is 5.10 Å². The van der Waals surface area contributed by atoms with Crippen LogP contribution in [-0.4, -0.2) is 23.4 Å². The molecule has 0 saturated carbocycles. The van der Waals surface area contributed by atoms with Crippen molar-refractivity contribution >= 4 is 46.1 Å². The average molecular weight is 353 g/mol. The summed E-state index contributed by atoms with van der Waals surface area (Å²) < 4.78 is 0. The zero-order valence-electron chi connectivity index (χ0n) is 14.0. The highest BCUT2D eigenvalue weighted by molar-refractivity contribution is 6.67. The highest BCUT2D eigenvalue weighted by atomic mass is 16.2. The van der Waals surface area contributed by atoms with Crippen molar-refractivity contribution in [2.24, 2.45) is 10.8 Å². The maximum atomic E-state index is 12.3. The van der Waals surface area contributed by atoms with Crippen molar-refractivity contribution < 1.29 is 9.59 Å². The summed E-state index contributed by atoms with van der Waals surface area (Å²) >= 11 is 0. The van der Waals surface area contributed by atoms with Crippen LogP contribution in [0.15, 0.2) is 53.6 Å². The standard InChI is InChI=1S/C17H19N7O2/c1-10(25)15(16(26)21-14-4-2-3-11(18)9-14)24-23-13-7-5-12(6-8-13)22-17(19)20/h2-9,23H,18H2,1H3,(H,21,26)(H4,19,20,22)/b24-15-. The van der Waals surface area contributed by atoms with Gasteiger partial charge in [0.05, 0.1) is 5.69 Å². The molecular formula is C17H19N7O2. The summed E-state index contributed by atoms with van der Waals surface area (Å²) in [5.74, 6) is -1.32. The molecule has 9 heteroatoms. The van der Waals surface area contributed by atoms with Crippen LogP contribution >= 0.6 is 0 Å². The van der Waals surface area contributed by atoms with E-state index in [1.165, 1.54) is 6.92 Å². The zero-order valence-corrected chi connectivity index (χ0v) is 14.0. The number of nitrogens with one attached hydrogen (secondary N) is 4. The minimum atomic E-state index is -0.648. The number of carbonyl (C=O) groups is 2. The maximum Gasteiger partial charge on any atom is 0.279 e. The number of hydrogen-bond acceptors (Lipinski definition) is 6. The molecule has 134 valence electrons. The average Bonchev–Trinajstić information content (AvgIpc) is 2.55. The molecule has 26 heavy (non-hydrogen) atoms. The van der Waals surface area contributed by atoms with Crippen LogP contribution in [0.5, 0.6) is 0 Å². The highest BCUT2D eigenvalue weighted by Crippen LogP contribution is 2.14. The van der Waals surface area contributed by atoms with Crippen LogP contribution in [0.1, 0.15) is 6.92 Å². The molecular weight excluding hydrogens is 334 g/mol. The fraction of sp³-hybridized carbons (Fsp3) is 0.0588. The summed E-state index contributed by atoms with van der Waals surface area (Å²) in [7, 11) is 0. The lowest BCUT2D eigenvalue weighted by molar-refractivity contribution is -0.114. The molecule has 0 spiro atoms. The molecule has 0 aliphatic heterocycles. The molecule has 0 atom stereocenters. The van der Waals surface area contributed by atoms with E-state index in [1.807, 2.05) is 0 Å². The molecule has 2 aromatic rings. The highest BCUT2D eigenvalue weighted by Gasteiger charge is 2.17. The molecule has 0 heterocycles. The molecule has 2 aromatic carbocycles. The first-order valence-electron chi connectivity index (χ1n) is 7.58. The number of nitrogens with zero attached hydrogens (tertiary/aromatic N) is 1. The third kappa shape index (κ3) is 5.34. The lowest BCUT2D eigenvalue weighted by Gasteiger charge is -2.08. The molecule has 0 aliphatic carbocycles. The minimum Gasteiger partial charge on any atom is -0.399 e. The Bertz CT molecular complexity index is 860. The Labute approximate surface area is 150 Å². The van der Waals surface area contributed by atoms with Gasteiger partial charge in [0.15, 0.2) is 17.5 Å². The summed E-state index contributed by atoms with van der Waals surface area (Å²) in [6, 6.07) is 13.2. The van der Waals surface area contributed by atoms with E-state index < -0.39 is 11.7 Å². The van der Waals surface area contributed by atoms with E-state index in [0.717, 1.165) is 0 Å². The molecule has 0 bridgehead atoms. The largest absolute Gasteiger partial charge is 0.399 e. The number of hydrazone groups is 1. The summed E-state index contributed by atoms with van der Waals surface area (Å²) in [4.78, 5) is 24.0. The lowest BCUT2D eigenvalue weighted by atomic mass is 10.2. The molecule has 9 nitrogen and oxygen atoms in total. The number of amides is 1. The van der Waals surface area contributed by atoms with Crippen LogP contribution in [0.4, 0.5) is 22.7 Å². The fourth-order valence-corrected chi connectivity index (χ4v) is 2.00. The van der Waals surface area contributed by atoms with E-state index in [0.29, 0.717) is 22.7 Å². The first kappa shape index (κ1) is 18.5. The van der Waals surface area contributed by atoms with Crippen molar-refractivity contribution in [2.45, 2.75) is 6.92 Å². The summed E-state index contributed by atoms with van der Waals surface area (Å²) in [6.45, 7) is 1.25. The number of Topliss-reactive ketones (excluding diaryl/α,β-unsaturated/α-hetero) is 1. The molecule has 0 aliphatic rings. The van der Waals surface area contributed by atoms with Crippen LogP contribution in [-0.2, 0) is 9.59 Å². The number of anilines is 4. The Hall–Kier alpha value is -3.88. The smallest absolute Gasteiger partial charge is 0.279 e. The van der Waals surface area contributed by atoms with Crippen molar-refractivity contribution in [1.29, 1.82) is 5.41 Å². The third-order valence-electron chi connectivity index (χ3n) is 3.15. The normalized spacial score (nSPS) is 10.7. The van der Waals surface area contributed by atoms with Gasteiger partial charge in [0.1, 0.15) is 0 Å². The van der Waals surface area contributed by atoms with Gasteiger partial charge in [0.25, 0.3) is 5.91 Å². The molecule has 8 N–H and O–H groups in total. The monoisotopic (exact) mass is 353 g/mol. The van der Waals surface area contributed by atoms with Gasteiger partial charge < -0.3 is 22.1 Å². The van der Waals surface area contributed by atoms with Gasteiger partial charge in [-0.05, 0) is 42.5 Å². The second-order valence-electron chi connectivity index (χ2n) is 5.32. The Morgan fingerprint density at radius 2 is 1.65 bits per heavy atom. The second-order valence-corrected chi connectivity index (χ2v) is 5.32. The quantitative estimate of drug-likeness (QED) is 0.152. The Balaban J connectivity index is 2.09. The third-order valence-corrected chi connectivity index (χ3v) is 3.15. The van der Waals surface area contributed by atoms with Crippen molar-refractivity contribution in [2.75, 3.05) is 21.8 Å². The Morgan fingerprint density at radius 1 is 1.00 bits per heavy atom. The van der Waals surface area contributed by atoms with E-state index in [1.54, 1.807) is 48.5 Å². The molecule has 0 fully saturated rings. The number of ketones is 1. The number of rotatable bonds is 6. The number of hydrogen-bond donors (Lipinski definition) is 6. The van der Waals surface area contributed by atoms with E-state index in [9.17, 15) is 9.59 Å². The maximum absolute atomic E-state index is 12.3. The van der Waals surface area contributed by atoms with Crippen molar-refractivity contribution in [3.8, 4) is 0 Å². The van der Waals surface area contributed by atoms with E-state index in [4.69, 9.17) is 16.9 Å². The minimum absolute atomic E-state index is 0.180. The number of guanidine groups is 1. The van der Waals surface area contributed by atoms with Gasteiger partial charge >= 0.3 is 0 Å². The molecule has 1 amide bonds. The van der Waals surface area contributed by atoms with Gasteiger partial charge in [-0.25, -0.2) is 0 Å². The number of nitrogen functional groups attached to an aromatic ring is 1. The molecule has 0 aromatic heterocycles. The molecule has 0 saturated heterocycles. The second kappa shape index (κ2) is 8.29. The van der Waals surface area contributed by atoms with E-state index >= 15 is 0 Å². The van der Waals surface area contributed by atoms with Gasteiger partial charge in [-0.15, -0.1) is 0 Å². The first-order valence-corrected chi connectivity index (χ1v) is 7.58. The predicted octanol–water partition coefficient (Wildman–Crippen LogP) is 1.57. The zero-order chi connectivity index (χ0) is 19.1. The summed E-state index contributed by atoms with van der Waals surface area (Å²) in [6.07, 6.45) is 0. The van der Waals surface area contributed by atoms with Crippen LogP contribution < -0.4 is 27.5 Å². The van der Waals surface area contributed by atoms with Crippen molar-refractivity contribution in [1.82, 2.24) is 0 Å². The topological polar surface area (TPSA) is 158 Å². The van der Waals surface area contributed by atoms with Crippen molar-refractivity contribution in [3.63, 3.8) is 0 Å². The van der Waals surface area contributed by atoms with Gasteiger partial charge in [0.2, 0.25) is 0 Å². The van der Waals surface area contributed by atoms with Crippen LogP contribution in [0, 0.1) is 5.41 Å². The van der Waals surface area contributed by atoms with E-state index in [2.05, 4.69) is 21.2 Å². The number of benzene rings is 2. The predicted molar refractivity (Wildman–Crippen MR) is 103 cm³/mol. The number of nitrogens with two attached hydrogens (primary N) is 2. The van der Waals surface area contributed by atoms with Gasteiger partial charge in [-0.1, -0.05) is 6.07 Å². The fourth-order valence-electron chi connectivity index (χ4n) is 2.00. The van der Waals surface area contributed by atoms with Crippen LogP contribution in [0.3, 0.4) is 0 Å². The van der Waals surface area contributed by atoms with Crippen LogP contribution in [0.25, 0.3) is 0 Å². The van der Waals surface area contributed by atoms with Gasteiger partial charge in [-0.3, -0.25) is 20.4 Å². The van der Waals surface area contributed by atoms with Gasteiger partial charge in [0, 0.05) is 24.0 Å². The van der Waals surface area contributed by atoms with Crippen molar-refractivity contribution in [3.05, 3.63) is 48.5 Å². The molecule has 0 unspecified atom stereocenters. The van der Waals surface area contributed by atoms with E-state index in [-0.39, 0.29) is 11.7 Å². The SMILES string of the molecule is CC(=O)/C(=N/Nc1ccc(NC(=N)N)cc1)C(=O)Nc1cccc(N)c1. The number of carbonyl (C=O) groups excluding carboxylic acids is 2. The lowest BCUT2D eigenvalue weighted by Crippen LogP contribution is -2.29. The first-order chi connectivity index (χ1) is 12.3. The Morgan fingerprint density at radius 3 is 2.23 bits per heavy atom.